The zero-order chi connectivity index (χ0) is 26.1. The summed E-state index contributed by atoms with van der Waals surface area (Å²) in [6, 6.07) is 6.40. The molecule has 190 valence electrons. The van der Waals surface area contributed by atoms with Gasteiger partial charge in [-0.05, 0) is 57.4 Å². The topological polar surface area (TPSA) is 133 Å². The van der Waals surface area contributed by atoms with Gasteiger partial charge in [-0.25, -0.2) is 4.79 Å². The Morgan fingerprint density at radius 1 is 1.09 bits per heavy atom. The van der Waals surface area contributed by atoms with Gasteiger partial charge in [0.15, 0.2) is 0 Å². The molecule has 0 bridgehead atoms. The molecule has 0 aliphatic heterocycles. The molecule has 0 fully saturated rings. The Bertz CT molecular complexity index is 850. The molecule has 0 unspecified atom stereocenters. The third-order valence-electron chi connectivity index (χ3n) is 4.81. The minimum atomic E-state index is -1.08. The van der Waals surface area contributed by atoms with Crippen LogP contribution in [0.5, 0.6) is 5.75 Å². The summed E-state index contributed by atoms with van der Waals surface area (Å²) in [7, 11) is 1.31. The molecule has 0 aliphatic carbocycles. The molecule has 1 aromatic rings. The van der Waals surface area contributed by atoms with E-state index < -0.39 is 41.3 Å². The van der Waals surface area contributed by atoms with Gasteiger partial charge in [-0.15, -0.1) is 11.8 Å². The molecule has 0 saturated heterocycles. The normalized spacial score (nSPS) is 13.1. The van der Waals surface area contributed by atoms with E-state index in [2.05, 4.69) is 5.32 Å². The van der Waals surface area contributed by atoms with E-state index in [4.69, 9.17) is 4.74 Å². The number of hydrogen-bond acceptors (Lipinski definition) is 7. The highest BCUT2D eigenvalue weighted by Crippen LogP contribution is 2.29. The molecule has 0 aliphatic rings. The van der Waals surface area contributed by atoms with Gasteiger partial charge in [-0.2, -0.15) is 0 Å². The number of nitrogens with one attached hydrogen (secondary N) is 1. The molecule has 1 aromatic carbocycles. The first-order valence-electron chi connectivity index (χ1n) is 11.1. The van der Waals surface area contributed by atoms with Gasteiger partial charge in [-0.1, -0.05) is 13.8 Å². The van der Waals surface area contributed by atoms with Crippen molar-refractivity contribution < 1.29 is 34.1 Å². The van der Waals surface area contributed by atoms with Gasteiger partial charge in [0.05, 0.1) is 11.8 Å². The number of phenolic OH excluding ortho intramolecular Hbond substituents is 1. The summed E-state index contributed by atoms with van der Waals surface area (Å²) >= 11 is 1.29. The first kappa shape index (κ1) is 29.3. The van der Waals surface area contributed by atoms with E-state index in [1.165, 1.54) is 30.9 Å². The summed E-state index contributed by atoms with van der Waals surface area (Å²) in [4.78, 5) is 50.9. The molecule has 3 N–H and O–H groups in total. The third-order valence-corrected chi connectivity index (χ3v) is 5.94. The zero-order valence-corrected chi connectivity index (χ0v) is 21.5. The van der Waals surface area contributed by atoms with Crippen molar-refractivity contribution in [3.05, 3.63) is 24.3 Å². The zero-order valence-electron chi connectivity index (χ0n) is 20.7. The van der Waals surface area contributed by atoms with Crippen LogP contribution in [-0.2, 0) is 19.1 Å². The Morgan fingerprint density at radius 2 is 1.68 bits per heavy atom. The number of aromatic hydroxyl groups is 1. The number of phenols is 1. The van der Waals surface area contributed by atoms with Crippen molar-refractivity contribution in [2.45, 2.75) is 58.0 Å². The van der Waals surface area contributed by atoms with Crippen LogP contribution in [0.15, 0.2) is 29.2 Å². The average molecular weight is 497 g/mol. The van der Waals surface area contributed by atoms with Crippen molar-refractivity contribution in [3.8, 4) is 5.75 Å². The van der Waals surface area contributed by atoms with E-state index in [0.717, 1.165) is 9.80 Å². The Balaban J connectivity index is 2.76. The quantitative estimate of drug-likeness (QED) is 0.395. The fourth-order valence-electron chi connectivity index (χ4n) is 3.07. The number of amides is 3. The van der Waals surface area contributed by atoms with Crippen molar-refractivity contribution in [2.75, 3.05) is 19.3 Å². The Morgan fingerprint density at radius 3 is 2.18 bits per heavy atom. The van der Waals surface area contributed by atoms with Crippen molar-refractivity contribution in [2.24, 2.45) is 17.8 Å². The smallest absolute Gasteiger partial charge is 0.416 e. The van der Waals surface area contributed by atoms with Crippen LogP contribution >= 0.6 is 11.8 Å². The summed E-state index contributed by atoms with van der Waals surface area (Å²) in [6.07, 6.45) is -0.542. The summed E-state index contributed by atoms with van der Waals surface area (Å²) in [6.45, 7) is 8.86. The molecule has 9 nitrogen and oxygen atoms in total. The highest BCUT2D eigenvalue weighted by atomic mass is 32.2. The number of nitrogens with zero attached hydrogens (tertiary/aromatic N) is 1. The molecule has 0 spiro atoms. The van der Waals surface area contributed by atoms with Crippen molar-refractivity contribution >= 4 is 35.6 Å². The monoisotopic (exact) mass is 496 g/mol. The highest BCUT2D eigenvalue weighted by Gasteiger charge is 2.34. The van der Waals surface area contributed by atoms with Crippen molar-refractivity contribution in [1.29, 1.82) is 0 Å². The van der Waals surface area contributed by atoms with Crippen LogP contribution in [0.3, 0.4) is 0 Å². The number of carbonyl (C=O) groups is 4. The molecule has 34 heavy (non-hydrogen) atoms. The Labute approximate surface area is 205 Å². The number of aliphatic carboxylic acids is 1. The van der Waals surface area contributed by atoms with Crippen LogP contribution < -0.4 is 5.32 Å². The molecule has 1 rings (SSSR count). The minimum absolute atomic E-state index is 0.0309. The van der Waals surface area contributed by atoms with E-state index in [1.807, 2.05) is 13.8 Å². The second-order valence-corrected chi connectivity index (χ2v) is 10.6. The molecular formula is C24H36N2O7S. The fourth-order valence-corrected chi connectivity index (χ4v) is 4.15. The molecule has 0 radical (unpaired) electrons. The second-order valence-electron chi connectivity index (χ2n) is 9.46. The van der Waals surface area contributed by atoms with E-state index in [0.29, 0.717) is 6.42 Å². The maximum Gasteiger partial charge on any atom is 0.416 e. The maximum absolute atomic E-state index is 12.9. The highest BCUT2D eigenvalue weighted by molar-refractivity contribution is 7.99. The van der Waals surface area contributed by atoms with Gasteiger partial charge in [0.2, 0.25) is 11.8 Å². The summed E-state index contributed by atoms with van der Waals surface area (Å²) < 4.78 is 5.16. The lowest BCUT2D eigenvalue weighted by Gasteiger charge is -2.25. The molecule has 10 heteroatoms. The van der Waals surface area contributed by atoms with E-state index >= 15 is 0 Å². The van der Waals surface area contributed by atoms with Crippen molar-refractivity contribution in [3.63, 3.8) is 0 Å². The predicted molar refractivity (Wildman–Crippen MR) is 130 cm³/mol. The minimum Gasteiger partial charge on any atom is -0.508 e. The molecule has 2 atom stereocenters. The summed E-state index contributed by atoms with van der Waals surface area (Å²) in [5.41, 5.74) is -0.742. The maximum atomic E-state index is 12.9. The van der Waals surface area contributed by atoms with Crippen LogP contribution in [0.25, 0.3) is 0 Å². The first-order chi connectivity index (χ1) is 15.7. The number of imide groups is 1. The lowest BCUT2D eigenvalue weighted by atomic mass is 9.85. The van der Waals surface area contributed by atoms with Crippen LogP contribution in [-0.4, -0.2) is 63.9 Å². The van der Waals surface area contributed by atoms with Crippen LogP contribution in [0.1, 0.15) is 47.5 Å². The molecule has 0 heterocycles. The fraction of sp³-hybridized carbons (Fsp3) is 0.583. The number of hydrogen-bond donors (Lipinski definition) is 3. The Kier molecular flexibility index (Phi) is 11.4. The van der Waals surface area contributed by atoms with Gasteiger partial charge < -0.3 is 20.3 Å². The van der Waals surface area contributed by atoms with Gasteiger partial charge in [0.1, 0.15) is 11.4 Å². The number of ether oxygens (including phenoxy) is 1. The number of carboxylic acid groups (broad SMARTS) is 1. The SMILES string of the molecule is CC(C)C[C@@H](C(=O)NCCC(=O)N(C)C(=O)OC(C)(C)C)[C@H](CSc1ccc(O)cc1)C(=O)O. The summed E-state index contributed by atoms with van der Waals surface area (Å²) in [5, 5.41) is 21.9. The number of benzene rings is 1. The average Bonchev–Trinajstić information content (AvgIpc) is 2.71. The second kappa shape index (κ2) is 13.2. The molecule has 0 aromatic heterocycles. The number of carbonyl (C=O) groups excluding carboxylic acids is 3. The van der Waals surface area contributed by atoms with Crippen molar-refractivity contribution in [1.82, 2.24) is 10.2 Å². The number of rotatable bonds is 11. The van der Waals surface area contributed by atoms with E-state index in [9.17, 15) is 29.4 Å². The number of thioether (sulfide) groups is 1. The van der Waals surface area contributed by atoms with E-state index in [1.54, 1.807) is 32.9 Å². The molecule has 3 amide bonds. The first-order valence-corrected chi connectivity index (χ1v) is 12.1. The largest absolute Gasteiger partial charge is 0.508 e. The van der Waals surface area contributed by atoms with Gasteiger partial charge in [0, 0.05) is 30.7 Å². The molecular weight excluding hydrogens is 460 g/mol. The van der Waals surface area contributed by atoms with Crippen LogP contribution in [0.4, 0.5) is 4.79 Å². The lowest BCUT2D eigenvalue weighted by molar-refractivity contribution is -0.146. The molecule has 0 saturated carbocycles. The van der Waals surface area contributed by atoms with Gasteiger partial charge in [-0.3, -0.25) is 19.3 Å². The standard InChI is InChI=1S/C24H36N2O7S/c1-15(2)13-18(19(22(30)31)14-34-17-9-7-16(27)8-10-17)21(29)25-12-11-20(28)26(6)23(32)33-24(3,4)5/h7-10,15,18-19,27H,11-14H2,1-6H3,(H,25,29)(H,30,31)/t18-,19+/m1/s1. The summed E-state index contributed by atoms with van der Waals surface area (Å²) in [5.74, 6) is -3.41. The van der Waals surface area contributed by atoms with Gasteiger partial charge >= 0.3 is 12.1 Å². The predicted octanol–water partition coefficient (Wildman–Crippen LogP) is 3.75. The lowest BCUT2D eigenvalue weighted by Crippen LogP contribution is -2.42. The van der Waals surface area contributed by atoms with Crippen LogP contribution in [0.2, 0.25) is 0 Å². The van der Waals surface area contributed by atoms with Crippen LogP contribution in [0, 0.1) is 17.8 Å². The van der Waals surface area contributed by atoms with E-state index in [-0.39, 0.29) is 30.4 Å². The Hall–Kier alpha value is -2.75. The third kappa shape index (κ3) is 10.5. The van der Waals surface area contributed by atoms with Gasteiger partial charge in [0.25, 0.3) is 0 Å². The number of carboxylic acids is 1.